The number of sulfonamides is 1. The van der Waals surface area contributed by atoms with Crippen LogP contribution in [0.15, 0.2) is 48.5 Å². The first-order valence-electron chi connectivity index (χ1n) is 7.03. The second kappa shape index (κ2) is 8.53. The molecule has 3 N–H and O–H groups in total. The minimum Gasteiger partial charge on any atom is -0.325 e. The van der Waals surface area contributed by atoms with E-state index in [0.717, 1.165) is 5.56 Å². The van der Waals surface area contributed by atoms with Crippen LogP contribution in [-0.4, -0.2) is 20.1 Å². The van der Waals surface area contributed by atoms with Crippen LogP contribution in [0.2, 0.25) is 5.02 Å². The Bertz CT molecular complexity index is 808. The first-order chi connectivity index (χ1) is 11.3. The molecule has 0 saturated carbocycles. The number of hydrogen-bond donors (Lipinski definition) is 2. The lowest BCUT2D eigenvalue weighted by atomic mass is 10.2. The molecule has 24 heavy (non-hydrogen) atoms. The van der Waals surface area contributed by atoms with Gasteiger partial charge in [-0.1, -0.05) is 35.9 Å². The van der Waals surface area contributed by atoms with Crippen molar-refractivity contribution in [2.24, 2.45) is 5.14 Å². The molecule has 5 nitrogen and oxygen atoms in total. The maximum absolute atomic E-state index is 11.9. The summed E-state index contributed by atoms with van der Waals surface area (Å²) in [7, 11) is -3.55. The Kier molecular flexibility index (Phi) is 6.68. The number of carbonyl (C=O) groups is 1. The van der Waals surface area contributed by atoms with E-state index in [1.807, 2.05) is 24.3 Å². The first-order valence-corrected chi connectivity index (χ1v) is 10.3. The highest BCUT2D eigenvalue weighted by Gasteiger charge is 2.06. The lowest BCUT2D eigenvalue weighted by molar-refractivity contribution is -0.113. The number of nitrogens with two attached hydrogens (primary N) is 1. The van der Waals surface area contributed by atoms with Gasteiger partial charge in [0.05, 0.1) is 11.5 Å². The third kappa shape index (κ3) is 6.92. The zero-order valence-corrected chi connectivity index (χ0v) is 15.1. The second-order valence-corrected chi connectivity index (χ2v) is 8.21. The topological polar surface area (TPSA) is 89.3 Å². The number of primary sulfonamides is 1. The molecule has 0 aliphatic rings. The molecule has 0 radical (unpaired) electrons. The Morgan fingerprint density at radius 2 is 1.83 bits per heavy atom. The fourth-order valence-electron chi connectivity index (χ4n) is 2.00. The van der Waals surface area contributed by atoms with Crippen molar-refractivity contribution in [3.63, 3.8) is 0 Å². The van der Waals surface area contributed by atoms with E-state index >= 15 is 0 Å². The van der Waals surface area contributed by atoms with Gasteiger partial charge in [-0.2, -0.15) is 0 Å². The Hall–Kier alpha value is -1.54. The molecule has 0 aromatic heterocycles. The molecule has 0 fully saturated rings. The maximum atomic E-state index is 11.9. The molecule has 0 atom stereocenters. The van der Waals surface area contributed by atoms with E-state index in [0.29, 0.717) is 27.8 Å². The average Bonchev–Trinajstić information content (AvgIpc) is 2.48. The summed E-state index contributed by atoms with van der Waals surface area (Å²) in [5.74, 6) is 0.657. The largest absolute Gasteiger partial charge is 0.325 e. The number of hydrogen-bond acceptors (Lipinski definition) is 4. The van der Waals surface area contributed by atoms with Crippen LogP contribution in [0, 0.1) is 0 Å². The van der Waals surface area contributed by atoms with Gasteiger partial charge in [-0.05, 0) is 35.4 Å². The van der Waals surface area contributed by atoms with Crippen molar-refractivity contribution in [1.29, 1.82) is 0 Å². The van der Waals surface area contributed by atoms with Crippen LogP contribution >= 0.6 is 23.4 Å². The summed E-state index contributed by atoms with van der Waals surface area (Å²) >= 11 is 7.40. The lowest BCUT2D eigenvalue weighted by Crippen LogP contribution is -2.15. The first kappa shape index (κ1) is 18.8. The number of carbonyl (C=O) groups excluding carboxylic acids is 1. The maximum Gasteiger partial charge on any atom is 0.234 e. The van der Waals surface area contributed by atoms with Gasteiger partial charge >= 0.3 is 0 Å². The highest BCUT2D eigenvalue weighted by atomic mass is 35.5. The average molecular weight is 385 g/mol. The van der Waals surface area contributed by atoms with Crippen molar-refractivity contribution >= 4 is 45.0 Å². The predicted octanol–water partition coefficient (Wildman–Crippen LogP) is 3.00. The van der Waals surface area contributed by atoms with Gasteiger partial charge in [0, 0.05) is 16.5 Å². The van der Waals surface area contributed by atoms with Crippen LogP contribution in [-0.2, 0) is 26.3 Å². The predicted molar refractivity (Wildman–Crippen MR) is 99.5 cm³/mol. The van der Waals surface area contributed by atoms with Crippen molar-refractivity contribution < 1.29 is 13.2 Å². The number of rotatable bonds is 7. The third-order valence-electron chi connectivity index (χ3n) is 3.00. The van der Waals surface area contributed by atoms with Crippen LogP contribution in [0.25, 0.3) is 0 Å². The number of thioether (sulfide) groups is 1. The zero-order valence-electron chi connectivity index (χ0n) is 12.7. The molecule has 8 heteroatoms. The van der Waals surface area contributed by atoms with Crippen molar-refractivity contribution in [3.8, 4) is 0 Å². The molecule has 0 heterocycles. The SMILES string of the molecule is NS(=O)(=O)Cc1ccc(NC(=O)CSCc2cccc(Cl)c2)cc1. The van der Waals surface area contributed by atoms with Crippen LogP contribution in [0.5, 0.6) is 0 Å². The highest BCUT2D eigenvalue weighted by Crippen LogP contribution is 2.17. The van der Waals surface area contributed by atoms with Gasteiger partial charge in [-0.25, -0.2) is 13.6 Å². The molecule has 0 saturated heterocycles. The van der Waals surface area contributed by atoms with E-state index in [-0.39, 0.29) is 11.7 Å². The van der Waals surface area contributed by atoms with Gasteiger partial charge < -0.3 is 5.32 Å². The quantitative estimate of drug-likeness (QED) is 0.767. The zero-order chi connectivity index (χ0) is 17.6. The minimum atomic E-state index is -3.55. The Balaban J connectivity index is 1.79. The van der Waals surface area contributed by atoms with Crippen LogP contribution in [0.1, 0.15) is 11.1 Å². The van der Waals surface area contributed by atoms with Crippen molar-refractivity contribution in [1.82, 2.24) is 0 Å². The number of nitrogens with one attached hydrogen (secondary N) is 1. The molecule has 0 unspecified atom stereocenters. The van der Waals surface area contributed by atoms with E-state index in [1.165, 1.54) is 11.8 Å². The molecule has 0 bridgehead atoms. The standard InChI is InChI=1S/C16H17ClN2O3S2/c17-14-3-1-2-13(8-14)9-23-10-16(20)19-15-6-4-12(5-7-15)11-24(18,21)22/h1-8H,9-11H2,(H,19,20)(H2,18,21,22). The number of halogens is 1. The van der Waals surface area contributed by atoms with Gasteiger partial charge in [0.15, 0.2) is 0 Å². The second-order valence-electron chi connectivity index (χ2n) is 5.18. The normalized spacial score (nSPS) is 11.2. The van der Waals surface area contributed by atoms with Crippen molar-refractivity contribution in [3.05, 3.63) is 64.7 Å². The van der Waals surface area contributed by atoms with Crippen molar-refractivity contribution in [2.45, 2.75) is 11.5 Å². The molecule has 2 rings (SSSR count). The summed E-state index contributed by atoms with van der Waals surface area (Å²) in [6.07, 6.45) is 0. The number of benzene rings is 2. The fourth-order valence-corrected chi connectivity index (χ4v) is 3.65. The van der Waals surface area contributed by atoms with Gasteiger partial charge in [0.25, 0.3) is 0 Å². The molecule has 0 aliphatic carbocycles. The van der Waals surface area contributed by atoms with Gasteiger partial charge in [-0.3, -0.25) is 4.79 Å². The minimum absolute atomic E-state index is 0.124. The van der Waals surface area contributed by atoms with Crippen molar-refractivity contribution in [2.75, 3.05) is 11.1 Å². The van der Waals surface area contributed by atoms with E-state index in [2.05, 4.69) is 5.32 Å². The van der Waals surface area contributed by atoms with Crippen LogP contribution < -0.4 is 10.5 Å². The highest BCUT2D eigenvalue weighted by molar-refractivity contribution is 7.99. The van der Waals surface area contributed by atoms with Crippen LogP contribution in [0.3, 0.4) is 0 Å². The Morgan fingerprint density at radius 1 is 1.12 bits per heavy atom. The molecule has 2 aromatic carbocycles. The smallest absolute Gasteiger partial charge is 0.234 e. The Morgan fingerprint density at radius 3 is 2.46 bits per heavy atom. The molecule has 0 spiro atoms. The van der Waals surface area contributed by atoms with Gasteiger partial charge in [0.1, 0.15) is 0 Å². The Labute approximate surface area is 150 Å². The van der Waals surface area contributed by atoms with Gasteiger partial charge in [0.2, 0.25) is 15.9 Å². The summed E-state index contributed by atoms with van der Waals surface area (Å²) < 4.78 is 22.0. The third-order valence-corrected chi connectivity index (χ3v) is 4.97. The lowest BCUT2D eigenvalue weighted by Gasteiger charge is -2.07. The van der Waals surface area contributed by atoms with E-state index in [4.69, 9.17) is 16.7 Å². The number of anilines is 1. The molecular formula is C16H17ClN2O3S2. The summed E-state index contributed by atoms with van der Waals surface area (Å²) in [5, 5.41) is 8.43. The molecular weight excluding hydrogens is 368 g/mol. The number of amides is 1. The fraction of sp³-hybridized carbons (Fsp3) is 0.188. The monoisotopic (exact) mass is 384 g/mol. The molecule has 2 aromatic rings. The van der Waals surface area contributed by atoms with E-state index < -0.39 is 10.0 Å². The van der Waals surface area contributed by atoms with Gasteiger partial charge in [-0.15, -0.1) is 11.8 Å². The summed E-state index contributed by atoms with van der Waals surface area (Å²) in [6.45, 7) is 0. The van der Waals surface area contributed by atoms with E-state index in [1.54, 1.807) is 24.3 Å². The summed E-state index contributed by atoms with van der Waals surface area (Å²) in [5.41, 5.74) is 2.25. The summed E-state index contributed by atoms with van der Waals surface area (Å²) in [4.78, 5) is 11.9. The van der Waals surface area contributed by atoms with E-state index in [9.17, 15) is 13.2 Å². The molecule has 128 valence electrons. The summed E-state index contributed by atoms with van der Waals surface area (Å²) in [6, 6.07) is 14.1. The molecule has 1 amide bonds. The van der Waals surface area contributed by atoms with Crippen LogP contribution in [0.4, 0.5) is 5.69 Å². The molecule has 0 aliphatic heterocycles.